The van der Waals surface area contributed by atoms with E-state index in [-0.39, 0.29) is 18.1 Å². The van der Waals surface area contributed by atoms with E-state index in [1.807, 2.05) is 30.3 Å². The van der Waals surface area contributed by atoms with E-state index in [0.29, 0.717) is 18.0 Å². The number of hydrogen-bond donors (Lipinski definition) is 0. The normalized spacial score (nSPS) is 13.0. The summed E-state index contributed by atoms with van der Waals surface area (Å²) in [6, 6.07) is 17.4. The molecule has 5 nitrogen and oxygen atoms in total. The topological polar surface area (TPSA) is 67.3 Å². The van der Waals surface area contributed by atoms with E-state index in [1.54, 1.807) is 29.4 Å². The number of pyridine rings is 1. The molecule has 2 aromatic carbocycles. The zero-order valence-corrected chi connectivity index (χ0v) is 19.9. The number of aryl methyl sites for hydroxylation is 3. The zero-order valence-electron chi connectivity index (χ0n) is 19.0. The quantitative estimate of drug-likeness (QED) is 0.469. The van der Waals surface area contributed by atoms with E-state index in [4.69, 9.17) is 0 Å². The molecule has 0 fully saturated rings. The van der Waals surface area contributed by atoms with Crippen LogP contribution in [0.15, 0.2) is 71.9 Å². The van der Waals surface area contributed by atoms with Crippen LogP contribution < -0.4 is 0 Å². The number of aromatic nitrogens is 1. The maximum Gasteiger partial charge on any atom is 0.224 e. The Hall–Kier alpha value is -2.99. The fourth-order valence-electron chi connectivity index (χ4n) is 4.28. The van der Waals surface area contributed by atoms with Crippen LogP contribution in [-0.2, 0) is 47.0 Å². The number of nitrogens with zero attached hydrogens (tertiary/aromatic N) is 2. The molecule has 1 aliphatic rings. The van der Waals surface area contributed by atoms with Crippen LogP contribution in [0.3, 0.4) is 0 Å². The standard InChI is InChI=1S/C27H30N2O3S/c1-2-21-8-10-22(11-9-21)19-29(20-23-5-4-15-28-18-23)27(30)14-16-33(31,32)26-13-12-24-6-3-7-25(24)17-26/h4-5,8-13,15,17-18H,2-3,6-7,14,16,19-20H2,1H3. The van der Waals surface area contributed by atoms with Crippen LogP contribution in [0.4, 0.5) is 0 Å². The van der Waals surface area contributed by atoms with E-state index in [9.17, 15) is 13.2 Å². The Bertz CT molecular complexity index is 1210. The maximum atomic E-state index is 13.2. The van der Waals surface area contributed by atoms with Crippen LogP contribution in [0.25, 0.3) is 0 Å². The monoisotopic (exact) mass is 462 g/mol. The fraction of sp³-hybridized carbons (Fsp3) is 0.333. The zero-order chi connectivity index (χ0) is 23.3. The highest BCUT2D eigenvalue weighted by Crippen LogP contribution is 2.25. The third-order valence-electron chi connectivity index (χ3n) is 6.27. The first-order valence-corrected chi connectivity index (χ1v) is 13.2. The van der Waals surface area contributed by atoms with Gasteiger partial charge < -0.3 is 4.90 Å². The van der Waals surface area contributed by atoms with Crippen molar-refractivity contribution in [2.24, 2.45) is 0 Å². The second-order valence-corrected chi connectivity index (χ2v) is 10.7. The number of rotatable bonds is 9. The molecule has 0 atom stereocenters. The molecule has 1 aromatic heterocycles. The van der Waals surface area contributed by atoms with Crippen molar-refractivity contribution in [1.82, 2.24) is 9.88 Å². The number of fused-ring (bicyclic) bond motifs is 1. The highest BCUT2D eigenvalue weighted by Gasteiger charge is 2.22. The molecule has 4 rings (SSSR count). The van der Waals surface area contributed by atoms with Gasteiger partial charge in [0.2, 0.25) is 5.91 Å². The molecule has 0 saturated carbocycles. The molecular formula is C27H30N2O3S. The third-order valence-corrected chi connectivity index (χ3v) is 7.98. The first-order chi connectivity index (χ1) is 15.9. The van der Waals surface area contributed by atoms with Gasteiger partial charge in [-0.25, -0.2) is 8.42 Å². The van der Waals surface area contributed by atoms with Crippen molar-refractivity contribution in [1.29, 1.82) is 0 Å². The smallest absolute Gasteiger partial charge is 0.224 e. The molecule has 0 saturated heterocycles. The minimum Gasteiger partial charge on any atom is -0.334 e. The summed E-state index contributed by atoms with van der Waals surface area (Å²) in [6.07, 6.45) is 7.35. The molecule has 1 heterocycles. The summed E-state index contributed by atoms with van der Waals surface area (Å²) in [6.45, 7) is 2.92. The summed E-state index contributed by atoms with van der Waals surface area (Å²) in [7, 11) is -3.53. The van der Waals surface area contributed by atoms with E-state index in [1.165, 1.54) is 11.1 Å². The number of sulfone groups is 1. The Morgan fingerprint density at radius 1 is 0.939 bits per heavy atom. The van der Waals surface area contributed by atoms with Gasteiger partial charge in [-0.1, -0.05) is 43.3 Å². The van der Waals surface area contributed by atoms with Crippen LogP contribution in [0.1, 0.15) is 47.6 Å². The van der Waals surface area contributed by atoms with Crippen LogP contribution >= 0.6 is 0 Å². The van der Waals surface area contributed by atoms with Gasteiger partial charge in [0, 0.05) is 31.9 Å². The molecule has 1 aliphatic carbocycles. The van der Waals surface area contributed by atoms with Gasteiger partial charge in [0.1, 0.15) is 0 Å². The molecule has 172 valence electrons. The van der Waals surface area contributed by atoms with E-state index >= 15 is 0 Å². The SMILES string of the molecule is CCc1ccc(CN(Cc2cccnc2)C(=O)CCS(=O)(=O)c2ccc3c(c2)CCC3)cc1. The first kappa shape index (κ1) is 23.2. The van der Waals surface area contributed by atoms with Crippen molar-refractivity contribution in [3.63, 3.8) is 0 Å². The van der Waals surface area contributed by atoms with Crippen LogP contribution in [-0.4, -0.2) is 30.0 Å². The van der Waals surface area contributed by atoms with Crippen molar-refractivity contribution in [3.8, 4) is 0 Å². The van der Waals surface area contributed by atoms with Crippen LogP contribution in [0, 0.1) is 0 Å². The molecule has 0 N–H and O–H groups in total. The van der Waals surface area contributed by atoms with Crippen LogP contribution in [0.5, 0.6) is 0 Å². The van der Waals surface area contributed by atoms with Gasteiger partial charge in [0.25, 0.3) is 0 Å². The van der Waals surface area contributed by atoms with E-state index in [2.05, 4.69) is 24.0 Å². The molecule has 6 heteroatoms. The Kier molecular flexibility index (Phi) is 7.23. The second-order valence-electron chi connectivity index (χ2n) is 8.63. The summed E-state index contributed by atoms with van der Waals surface area (Å²) in [5, 5.41) is 0. The van der Waals surface area contributed by atoms with Crippen molar-refractivity contribution >= 4 is 15.7 Å². The lowest BCUT2D eigenvalue weighted by Gasteiger charge is -2.23. The summed E-state index contributed by atoms with van der Waals surface area (Å²) in [5.74, 6) is -0.369. The van der Waals surface area contributed by atoms with Crippen molar-refractivity contribution in [2.75, 3.05) is 5.75 Å². The lowest BCUT2D eigenvalue weighted by atomic mass is 10.1. The molecule has 3 aromatic rings. The molecule has 0 bridgehead atoms. The third kappa shape index (κ3) is 5.88. The highest BCUT2D eigenvalue weighted by atomic mass is 32.2. The lowest BCUT2D eigenvalue weighted by molar-refractivity contribution is -0.132. The van der Waals surface area contributed by atoms with Gasteiger partial charge in [0.15, 0.2) is 9.84 Å². The highest BCUT2D eigenvalue weighted by molar-refractivity contribution is 7.91. The van der Waals surface area contributed by atoms with E-state index < -0.39 is 9.84 Å². The number of amides is 1. The van der Waals surface area contributed by atoms with Gasteiger partial charge in [-0.3, -0.25) is 9.78 Å². The number of benzene rings is 2. The summed E-state index contributed by atoms with van der Waals surface area (Å²) in [4.78, 5) is 19.4. The number of hydrogen-bond acceptors (Lipinski definition) is 4. The summed E-state index contributed by atoms with van der Waals surface area (Å²) >= 11 is 0. The predicted molar refractivity (Wildman–Crippen MR) is 129 cm³/mol. The Morgan fingerprint density at radius 3 is 2.39 bits per heavy atom. The van der Waals surface area contributed by atoms with Crippen molar-refractivity contribution < 1.29 is 13.2 Å². The number of carbonyl (C=O) groups excluding carboxylic acids is 1. The molecule has 1 amide bonds. The Morgan fingerprint density at radius 2 is 1.67 bits per heavy atom. The minimum atomic E-state index is -3.53. The van der Waals surface area contributed by atoms with Gasteiger partial charge in [-0.2, -0.15) is 0 Å². The van der Waals surface area contributed by atoms with Crippen molar-refractivity contribution in [3.05, 3.63) is 94.8 Å². The average molecular weight is 463 g/mol. The van der Waals surface area contributed by atoms with Crippen molar-refractivity contribution in [2.45, 2.75) is 57.0 Å². The maximum absolute atomic E-state index is 13.2. The molecule has 0 spiro atoms. The second kappa shape index (κ2) is 10.3. The summed E-state index contributed by atoms with van der Waals surface area (Å²) < 4.78 is 25.9. The lowest BCUT2D eigenvalue weighted by Crippen LogP contribution is -2.31. The minimum absolute atomic E-state index is 0.0489. The first-order valence-electron chi connectivity index (χ1n) is 11.5. The van der Waals surface area contributed by atoms with E-state index in [0.717, 1.165) is 42.4 Å². The van der Waals surface area contributed by atoms with Gasteiger partial charge in [-0.15, -0.1) is 0 Å². The number of carbonyl (C=O) groups is 1. The molecule has 0 aliphatic heterocycles. The van der Waals surface area contributed by atoms with Gasteiger partial charge >= 0.3 is 0 Å². The largest absolute Gasteiger partial charge is 0.334 e. The fourth-order valence-corrected chi connectivity index (χ4v) is 5.56. The molecule has 33 heavy (non-hydrogen) atoms. The average Bonchev–Trinajstić information content (AvgIpc) is 3.31. The Labute approximate surface area is 196 Å². The van der Waals surface area contributed by atoms with Gasteiger partial charge in [-0.05, 0) is 71.7 Å². The molecule has 0 radical (unpaired) electrons. The molecule has 0 unspecified atom stereocenters. The predicted octanol–water partition coefficient (Wildman–Crippen LogP) is 4.53. The molecular weight excluding hydrogens is 432 g/mol. The summed E-state index contributed by atoms with van der Waals surface area (Å²) in [5.41, 5.74) is 5.53. The Balaban J connectivity index is 1.47. The van der Waals surface area contributed by atoms with Crippen LogP contribution in [0.2, 0.25) is 0 Å². The van der Waals surface area contributed by atoms with Gasteiger partial charge in [0.05, 0.1) is 10.6 Å².